The van der Waals surface area contributed by atoms with Gasteiger partial charge in [-0.1, -0.05) is 26.2 Å². The molecular formula is C11H20ClNO2. The van der Waals surface area contributed by atoms with E-state index < -0.39 is 0 Å². The third-order valence-corrected chi connectivity index (χ3v) is 3.06. The summed E-state index contributed by atoms with van der Waals surface area (Å²) in [6, 6.07) is 0. The normalized spacial score (nSPS) is 18.9. The molecule has 1 aliphatic heterocycles. The van der Waals surface area contributed by atoms with Crippen molar-refractivity contribution in [3.63, 3.8) is 0 Å². The Hall–Kier alpha value is -0.280. The molecule has 1 amide bonds. The van der Waals surface area contributed by atoms with E-state index in [1.807, 2.05) is 4.90 Å². The Balaban J connectivity index is 2.24. The molecule has 1 aliphatic rings. The number of carbonyl (C=O) groups excluding carboxylic acids is 1. The van der Waals surface area contributed by atoms with E-state index in [2.05, 4.69) is 6.92 Å². The van der Waals surface area contributed by atoms with E-state index in [9.17, 15) is 4.79 Å². The van der Waals surface area contributed by atoms with Gasteiger partial charge >= 0.3 is 0 Å². The SMILES string of the molecule is CCCCCC(Cl)C(=O)N1CCOCC1. The first-order valence-electron chi connectivity index (χ1n) is 5.76. The number of unbranched alkanes of at least 4 members (excludes halogenated alkanes) is 2. The summed E-state index contributed by atoms with van der Waals surface area (Å²) in [5.41, 5.74) is 0. The number of amides is 1. The van der Waals surface area contributed by atoms with Crippen LogP contribution in [0.1, 0.15) is 32.6 Å². The van der Waals surface area contributed by atoms with Crippen LogP contribution in [0.15, 0.2) is 0 Å². The highest BCUT2D eigenvalue weighted by Crippen LogP contribution is 2.13. The van der Waals surface area contributed by atoms with Gasteiger partial charge in [0.15, 0.2) is 0 Å². The van der Waals surface area contributed by atoms with E-state index in [0.29, 0.717) is 26.3 Å². The zero-order valence-electron chi connectivity index (χ0n) is 9.38. The number of rotatable bonds is 5. The first-order valence-corrected chi connectivity index (χ1v) is 6.20. The molecule has 15 heavy (non-hydrogen) atoms. The maximum Gasteiger partial charge on any atom is 0.240 e. The Labute approximate surface area is 96.7 Å². The average molecular weight is 234 g/mol. The van der Waals surface area contributed by atoms with Crippen LogP contribution in [0.25, 0.3) is 0 Å². The summed E-state index contributed by atoms with van der Waals surface area (Å²) in [6.45, 7) is 4.81. The number of morpholine rings is 1. The Kier molecular flexibility index (Phi) is 6.03. The third-order valence-electron chi connectivity index (χ3n) is 2.65. The summed E-state index contributed by atoms with van der Waals surface area (Å²) in [5, 5.41) is -0.338. The van der Waals surface area contributed by atoms with Crippen LogP contribution in [-0.4, -0.2) is 42.5 Å². The smallest absolute Gasteiger partial charge is 0.240 e. The number of carbonyl (C=O) groups is 1. The van der Waals surface area contributed by atoms with Crippen molar-refractivity contribution in [1.29, 1.82) is 0 Å². The minimum Gasteiger partial charge on any atom is -0.378 e. The van der Waals surface area contributed by atoms with Gasteiger partial charge in [0.2, 0.25) is 5.91 Å². The van der Waals surface area contributed by atoms with Crippen LogP contribution >= 0.6 is 11.6 Å². The molecule has 0 saturated carbocycles. The lowest BCUT2D eigenvalue weighted by molar-refractivity contribution is -0.135. The fourth-order valence-corrected chi connectivity index (χ4v) is 1.97. The zero-order chi connectivity index (χ0) is 11.1. The lowest BCUT2D eigenvalue weighted by atomic mass is 10.1. The predicted octanol–water partition coefficient (Wildman–Crippen LogP) is 2.03. The van der Waals surface area contributed by atoms with Crippen molar-refractivity contribution in [2.45, 2.75) is 38.0 Å². The first-order chi connectivity index (χ1) is 7.25. The van der Waals surface area contributed by atoms with Crippen molar-refractivity contribution in [3.8, 4) is 0 Å². The summed E-state index contributed by atoms with van der Waals surface area (Å²) in [5.74, 6) is 0.0797. The minimum absolute atomic E-state index is 0.0797. The van der Waals surface area contributed by atoms with Crippen molar-refractivity contribution < 1.29 is 9.53 Å². The molecule has 0 aromatic rings. The Morgan fingerprint density at radius 2 is 2.07 bits per heavy atom. The topological polar surface area (TPSA) is 29.5 Å². The van der Waals surface area contributed by atoms with Crippen LogP contribution in [0.4, 0.5) is 0 Å². The van der Waals surface area contributed by atoms with Gasteiger partial charge in [-0.25, -0.2) is 0 Å². The zero-order valence-corrected chi connectivity index (χ0v) is 10.1. The van der Waals surface area contributed by atoms with Crippen molar-refractivity contribution in [2.24, 2.45) is 0 Å². The van der Waals surface area contributed by atoms with Gasteiger partial charge in [-0.15, -0.1) is 11.6 Å². The van der Waals surface area contributed by atoms with E-state index in [0.717, 1.165) is 25.7 Å². The predicted molar refractivity (Wildman–Crippen MR) is 61.2 cm³/mol. The summed E-state index contributed by atoms with van der Waals surface area (Å²) in [6.07, 6.45) is 4.15. The second-order valence-electron chi connectivity index (χ2n) is 3.90. The van der Waals surface area contributed by atoms with Crippen molar-refractivity contribution >= 4 is 17.5 Å². The van der Waals surface area contributed by atoms with Gasteiger partial charge in [-0.05, 0) is 6.42 Å². The molecule has 0 N–H and O–H groups in total. The number of halogens is 1. The first kappa shape index (κ1) is 12.8. The molecule has 4 heteroatoms. The minimum atomic E-state index is -0.338. The maximum atomic E-state index is 11.8. The van der Waals surface area contributed by atoms with Crippen LogP contribution in [0.2, 0.25) is 0 Å². The summed E-state index contributed by atoms with van der Waals surface area (Å²) in [7, 11) is 0. The lowest BCUT2D eigenvalue weighted by Gasteiger charge is -2.28. The molecular weight excluding hydrogens is 214 g/mol. The molecule has 1 atom stereocenters. The summed E-state index contributed by atoms with van der Waals surface area (Å²) in [4.78, 5) is 13.6. The Morgan fingerprint density at radius 3 is 2.67 bits per heavy atom. The second-order valence-corrected chi connectivity index (χ2v) is 4.43. The molecule has 1 unspecified atom stereocenters. The number of ether oxygens (including phenoxy) is 1. The molecule has 1 fully saturated rings. The maximum absolute atomic E-state index is 11.8. The molecule has 0 radical (unpaired) electrons. The van der Waals surface area contributed by atoms with Crippen LogP contribution in [0, 0.1) is 0 Å². The van der Waals surface area contributed by atoms with Crippen LogP contribution in [-0.2, 0) is 9.53 Å². The fourth-order valence-electron chi connectivity index (χ4n) is 1.68. The standard InChI is InChI=1S/C11H20ClNO2/c1-2-3-4-5-10(12)11(14)13-6-8-15-9-7-13/h10H,2-9H2,1H3. The molecule has 0 bridgehead atoms. The molecule has 0 aromatic carbocycles. The van der Waals surface area contributed by atoms with E-state index in [4.69, 9.17) is 16.3 Å². The number of alkyl halides is 1. The largest absolute Gasteiger partial charge is 0.378 e. The van der Waals surface area contributed by atoms with Gasteiger partial charge in [0.05, 0.1) is 13.2 Å². The monoisotopic (exact) mass is 233 g/mol. The average Bonchev–Trinajstić information content (AvgIpc) is 2.29. The number of nitrogens with zero attached hydrogens (tertiary/aromatic N) is 1. The third kappa shape index (κ3) is 4.39. The molecule has 1 heterocycles. The molecule has 0 aliphatic carbocycles. The van der Waals surface area contributed by atoms with Gasteiger partial charge in [0.1, 0.15) is 5.38 Å². The highest BCUT2D eigenvalue weighted by atomic mass is 35.5. The van der Waals surface area contributed by atoms with E-state index in [1.165, 1.54) is 0 Å². The summed E-state index contributed by atoms with van der Waals surface area (Å²) >= 11 is 6.07. The highest BCUT2D eigenvalue weighted by molar-refractivity contribution is 6.30. The van der Waals surface area contributed by atoms with Crippen molar-refractivity contribution in [3.05, 3.63) is 0 Å². The molecule has 1 saturated heterocycles. The van der Waals surface area contributed by atoms with Crippen molar-refractivity contribution in [1.82, 2.24) is 4.90 Å². The van der Waals surface area contributed by atoms with Gasteiger partial charge in [0.25, 0.3) is 0 Å². The van der Waals surface area contributed by atoms with Gasteiger partial charge in [-0.3, -0.25) is 4.79 Å². The summed E-state index contributed by atoms with van der Waals surface area (Å²) < 4.78 is 5.19. The van der Waals surface area contributed by atoms with Crippen molar-refractivity contribution in [2.75, 3.05) is 26.3 Å². The van der Waals surface area contributed by atoms with Crippen LogP contribution in [0.5, 0.6) is 0 Å². The lowest BCUT2D eigenvalue weighted by Crippen LogP contribution is -2.44. The van der Waals surface area contributed by atoms with Gasteiger partial charge in [0, 0.05) is 13.1 Å². The fraction of sp³-hybridized carbons (Fsp3) is 0.909. The van der Waals surface area contributed by atoms with Gasteiger partial charge < -0.3 is 9.64 Å². The molecule has 0 aromatic heterocycles. The van der Waals surface area contributed by atoms with E-state index in [1.54, 1.807) is 0 Å². The van der Waals surface area contributed by atoms with Crippen LogP contribution < -0.4 is 0 Å². The Bertz CT molecular complexity index is 193. The molecule has 88 valence electrons. The molecule has 0 spiro atoms. The highest BCUT2D eigenvalue weighted by Gasteiger charge is 2.23. The molecule has 3 nitrogen and oxygen atoms in total. The number of hydrogen-bond acceptors (Lipinski definition) is 2. The quantitative estimate of drug-likeness (QED) is 0.537. The Morgan fingerprint density at radius 1 is 1.40 bits per heavy atom. The van der Waals surface area contributed by atoms with Crippen LogP contribution in [0.3, 0.4) is 0 Å². The van der Waals surface area contributed by atoms with E-state index >= 15 is 0 Å². The number of hydrogen-bond donors (Lipinski definition) is 0. The second kappa shape index (κ2) is 7.07. The van der Waals surface area contributed by atoms with E-state index in [-0.39, 0.29) is 11.3 Å². The molecule has 1 rings (SSSR count). The van der Waals surface area contributed by atoms with Gasteiger partial charge in [-0.2, -0.15) is 0 Å².